The molecule has 0 N–H and O–H groups in total. The van der Waals surface area contributed by atoms with Gasteiger partial charge in [0.25, 0.3) is 0 Å². The maximum Gasteiger partial charge on any atom is 0.461 e. The van der Waals surface area contributed by atoms with E-state index in [4.69, 9.17) is 4.74 Å². The van der Waals surface area contributed by atoms with Crippen LogP contribution >= 0.6 is 0 Å². The van der Waals surface area contributed by atoms with E-state index in [-0.39, 0.29) is 17.8 Å². The first-order chi connectivity index (χ1) is 13.3. The molecule has 0 fully saturated rings. The fraction of sp³-hybridized carbons (Fsp3) is 0.400. The highest BCUT2D eigenvalue weighted by Gasteiger charge is 2.43. The molecule has 1 aromatic carbocycles. The molecule has 0 bridgehead atoms. The lowest BCUT2D eigenvalue weighted by molar-refractivity contribution is -0.253. The molecule has 0 saturated carbocycles. The first-order valence-electron chi connectivity index (χ1n) is 8.87. The minimum atomic E-state index is -4.59. The number of alkyl halides is 4. The van der Waals surface area contributed by atoms with Crippen molar-refractivity contribution in [3.63, 3.8) is 0 Å². The monoisotopic (exact) mass is 399 g/mol. The van der Waals surface area contributed by atoms with Gasteiger partial charge in [0.1, 0.15) is 11.5 Å². The number of aromatic nitrogens is 1. The van der Waals surface area contributed by atoms with Gasteiger partial charge in [0.15, 0.2) is 5.78 Å². The summed E-state index contributed by atoms with van der Waals surface area (Å²) in [5, 5.41) is 0. The molecule has 0 aliphatic carbocycles. The van der Waals surface area contributed by atoms with Gasteiger partial charge in [-0.2, -0.15) is 17.6 Å². The Morgan fingerprint density at radius 3 is 2.32 bits per heavy atom. The van der Waals surface area contributed by atoms with Gasteiger partial charge in [-0.15, -0.1) is 0 Å². The molecule has 0 amide bonds. The van der Waals surface area contributed by atoms with Gasteiger partial charge in [0.2, 0.25) is 0 Å². The number of rotatable bonds is 11. The first-order valence-corrected chi connectivity index (χ1v) is 8.87. The summed E-state index contributed by atoms with van der Waals surface area (Å²) in [7, 11) is 0. The molecule has 0 saturated heterocycles. The zero-order valence-corrected chi connectivity index (χ0v) is 15.3. The van der Waals surface area contributed by atoms with Crippen LogP contribution in [0.15, 0.2) is 42.6 Å². The number of unbranched alkanes of at least 4 members (excludes halogenated alkanes) is 2. The fourth-order valence-corrected chi connectivity index (χ4v) is 2.32. The highest BCUT2D eigenvalue weighted by Crippen LogP contribution is 2.27. The Morgan fingerprint density at radius 2 is 1.75 bits per heavy atom. The number of hydrogen-bond donors (Lipinski definition) is 0. The fourth-order valence-electron chi connectivity index (χ4n) is 2.32. The van der Waals surface area contributed by atoms with E-state index in [2.05, 4.69) is 16.6 Å². The summed E-state index contributed by atoms with van der Waals surface area (Å²) in [6.07, 6.45) is -3.84. The van der Waals surface area contributed by atoms with Crippen LogP contribution in [0.1, 0.15) is 42.2 Å². The molecule has 0 atom stereocenters. The van der Waals surface area contributed by atoms with Gasteiger partial charge >= 0.3 is 12.5 Å². The molecular weight excluding hydrogens is 378 g/mol. The van der Waals surface area contributed by atoms with E-state index < -0.39 is 18.3 Å². The second-order valence-corrected chi connectivity index (χ2v) is 6.13. The smallest absolute Gasteiger partial charge is 0.461 e. The van der Waals surface area contributed by atoms with E-state index in [1.807, 2.05) is 0 Å². The van der Waals surface area contributed by atoms with Crippen molar-refractivity contribution in [1.82, 2.24) is 4.98 Å². The van der Waals surface area contributed by atoms with Gasteiger partial charge in [-0.25, -0.2) is 0 Å². The van der Waals surface area contributed by atoms with Gasteiger partial charge in [-0.05, 0) is 42.8 Å². The lowest BCUT2D eigenvalue weighted by Gasteiger charge is -2.16. The zero-order valence-electron chi connectivity index (χ0n) is 15.3. The summed E-state index contributed by atoms with van der Waals surface area (Å²) in [6, 6.07) is 7.97. The molecular formula is C20H21F4NO3. The van der Waals surface area contributed by atoms with Crippen LogP contribution in [0.25, 0.3) is 0 Å². The first kappa shape index (κ1) is 21.7. The number of pyridine rings is 1. The van der Waals surface area contributed by atoms with Gasteiger partial charge in [0, 0.05) is 11.3 Å². The summed E-state index contributed by atoms with van der Waals surface area (Å²) in [6.45, 7) is 2.71. The van der Waals surface area contributed by atoms with Crippen LogP contribution in [0, 0.1) is 0 Å². The van der Waals surface area contributed by atoms with Crippen molar-refractivity contribution in [2.45, 2.75) is 45.1 Å². The maximum absolute atomic E-state index is 12.9. The third kappa shape index (κ3) is 6.51. The molecule has 0 unspecified atom stereocenters. The molecule has 0 spiro atoms. The topological polar surface area (TPSA) is 48.4 Å². The second-order valence-electron chi connectivity index (χ2n) is 6.13. The highest BCUT2D eigenvalue weighted by molar-refractivity contribution is 5.97. The third-order valence-corrected chi connectivity index (χ3v) is 3.84. The number of carbonyl (C=O) groups is 1. The Labute approximate surface area is 160 Å². The molecule has 1 aromatic heterocycles. The molecule has 28 heavy (non-hydrogen) atoms. The number of nitrogens with zero attached hydrogens (tertiary/aromatic N) is 1. The molecule has 8 heteroatoms. The Balaban J connectivity index is 1.90. The number of ketones is 1. The second kappa shape index (κ2) is 10.1. The summed E-state index contributed by atoms with van der Waals surface area (Å²) in [5.41, 5.74) is 0.755. The van der Waals surface area contributed by atoms with Crippen molar-refractivity contribution in [3.8, 4) is 11.5 Å². The van der Waals surface area contributed by atoms with Crippen LogP contribution < -0.4 is 9.47 Å². The van der Waals surface area contributed by atoms with E-state index in [1.165, 1.54) is 18.3 Å². The lowest BCUT2D eigenvalue weighted by Crippen LogP contribution is -2.33. The number of ether oxygens (including phenoxy) is 2. The largest absolute Gasteiger partial charge is 0.492 e. The van der Waals surface area contributed by atoms with Crippen molar-refractivity contribution in [1.29, 1.82) is 0 Å². The Bertz CT molecular complexity index is 749. The molecule has 4 nitrogen and oxygen atoms in total. The number of benzene rings is 1. The summed E-state index contributed by atoms with van der Waals surface area (Å²) in [5.74, 6) is -0.130. The van der Waals surface area contributed by atoms with E-state index in [0.29, 0.717) is 18.1 Å². The quantitative estimate of drug-likeness (QED) is 0.292. The average Bonchev–Trinajstić information content (AvgIpc) is 2.66. The molecule has 0 aliphatic rings. The molecule has 1 heterocycles. The van der Waals surface area contributed by atoms with Crippen LogP contribution in [0.4, 0.5) is 17.6 Å². The average molecular weight is 399 g/mol. The minimum absolute atomic E-state index is 0.00348. The van der Waals surface area contributed by atoms with Crippen LogP contribution in [0.2, 0.25) is 0 Å². The molecule has 0 radical (unpaired) electrons. The van der Waals surface area contributed by atoms with E-state index in [1.54, 1.807) is 12.1 Å². The SMILES string of the molecule is CCCCCOc1ccc(CC(=O)c2ccc(OC(F)(F)C(F)F)cc2)nc1. The third-order valence-electron chi connectivity index (χ3n) is 3.84. The normalized spacial score (nSPS) is 11.5. The molecule has 0 aliphatic heterocycles. The van der Waals surface area contributed by atoms with Gasteiger partial charge < -0.3 is 9.47 Å². The predicted molar refractivity (Wildman–Crippen MR) is 95.3 cm³/mol. The predicted octanol–water partition coefficient (Wildman–Crippen LogP) is 5.31. The van der Waals surface area contributed by atoms with Gasteiger partial charge in [-0.1, -0.05) is 19.8 Å². The van der Waals surface area contributed by atoms with Crippen LogP contribution in [0.5, 0.6) is 11.5 Å². The Hall–Kier alpha value is -2.64. The summed E-state index contributed by atoms with van der Waals surface area (Å²) < 4.78 is 59.5. The zero-order chi connectivity index (χ0) is 20.6. The number of hydrogen-bond acceptors (Lipinski definition) is 4. The van der Waals surface area contributed by atoms with Crippen LogP contribution in [-0.4, -0.2) is 29.9 Å². The van der Waals surface area contributed by atoms with Crippen molar-refractivity contribution >= 4 is 5.78 Å². The van der Waals surface area contributed by atoms with Crippen molar-refractivity contribution in [3.05, 3.63) is 53.9 Å². The molecule has 152 valence electrons. The maximum atomic E-state index is 12.9. The summed E-state index contributed by atoms with van der Waals surface area (Å²) in [4.78, 5) is 16.4. The number of halogens is 4. The lowest BCUT2D eigenvalue weighted by atomic mass is 10.1. The van der Waals surface area contributed by atoms with Gasteiger partial charge in [-0.3, -0.25) is 9.78 Å². The van der Waals surface area contributed by atoms with E-state index in [9.17, 15) is 22.4 Å². The Morgan fingerprint density at radius 1 is 1.07 bits per heavy atom. The summed E-state index contributed by atoms with van der Waals surface area (Å²) >= 11 is 0. The highest BCUT2D eigenvalue weighted by atomic mass is 19.3. The van der Waals surface area contributed by atoms with Crippen molar-refractivity contribution in [2.24, 2.45) is 0 Å². The standard InChI is InChI=1S/C20H21F4NO3/c1-2-3-4-11-27-17-10-7-15(25-13-17)12-18(26)14-5-8-16(9-6-14)28-20(23,24)19(21)22/h5-10,13,19H,2-4,11-12H2,1H3. The van der Waals surface area contributed by atoms with Crippen LogP contribution in [-0.2, 0) is 6.42 Å². The number of carbonyl (C=O) groups excluding carboxylic acids is 1. The molecule has 2 aromatic rings. The van der Waals surface area contributed by atoms with Crippen molar-refractivity contribution in [2.75, 3.05) is 6.61 Å². The van der Waals surface area contributed by atoms with Crippen LogP contribution in [0.3, 0.4) is 0 Å². The van der Waals surface area contributed by atoms with Crippen molar-refractivity contribution < 1.29 is 31.8 Å². The van der Waals surface area contributed by atoms with E-state index in [0.717, 1.165) is 31.4 Å². The van der Waals surface area contributed by atoms with E-state index >= 15 is 0 Å². The molecule has 2 rings (SSSR count). The number of Topliss-reactive ketones (excluding diaryl/α,β-unsaturated/α-hetero) is 1. The van der Waals surface area contributed by atoms with Gasteiger partial charge in [0.05, 0.1) is 19.2 Å². The minimum Gasteiger partial charge on any atom is -0.492 e. The Kier molecular flexibility index (Phi) is 7.78.